The second-order valence-corrected chi connectivity index (χ2v) is 2.96. The molecule has 0 atom stereocenters. The zero-order chi connectivity index (χ0) is 12.0. The van der Waals surface area contributed by atoms with Gasteiger partial charge in [-0.25, -0.2) is 4.79 Å². The lowest BCUT2D eigenvalue weighted by atomic mass is 10.2. The van der Waals surface area contributed by atoms with Crippen LogP contribution < -0.4 is 16.4 Å². The minimum Gasteiger partial charge on any atom is -0.351 e. The van der Waals surface area contributed by atoms with E-state index in [0.29, 0.717) is 5.56 Å². The van der Waals surface area contributed by atoms with Gasteiger partial charge in [-0.05, 0) is 12.1 Å². The van der Waals surface area contributed by atoms with Crippen LogP contribution in [0.4, 0.5) is 4.79 Å². The van der Waals surface area contributed by atoms with Gasteiger partial charge in [0.05, 0.1) is 6.54 Å². The van der Waals surface area contributed by atoms with E-state index < -0.39 is 11.9 Å². The molecule has 84 valence electrons. The molecule has 0 aromatic heterocycles. The molecule has 4 amide bonds. The molecular formula is C10H11N3O3. The highest BCUT2D eigenvalue weighted by Gasteiger charge is 2.08. The molecule has 1 rings (SSSR count). The predicted octanol–water partition coefficient (Wildman–Crippen LogP) is -0.389. The van der Waals surface area contributed by atoms with Gasteiger partial charge >= 0.3 is 6.03 Å². The summed E-state index contributed by atoms with van der Waals surface area (Å²) in [4.78, 5) is 32.7. The van der Waals surface area contributed by atoms with Crippen molar-refractivity contribution in [3.8, 4) is 0 Å². The Balaban J connectivity index is 2.42. The lowest BCUT2D eigenvalue weighted by molar-refractivity contribution is -0.119. The van der Waals surface area contributed by atoms with Gasteiger partial charge in [0.2, 0.25) is 5.91 Å². The Kier molecular flexibility index (Phi) is 4.02. The van der Waals surface area contributed by atoms with E-state index >= 15 is 0 Å². The summed E-state index contributed by atoms with van der Waals surface area (Å²) in [6, 6.07) is 7.47. The normalized spacial score (nSPS) is 9.25. The van der Waals surface area contributed by atoms with E-state index in [1.807, 2.05) is 5.32 Å². The third-order valence-electron chi connectivity index (χ3n) is 1.71. The summed E-state index contributed by atoms with van der Waals surface area (Å²) in [6.07, 6.45) is 0. The van der Waals surface area contributed by atoms with Crippen molar-refractivity contribution in [3.05, 3.63) is 35.9 Å². The molecule has 6 heteroatoms. The maximum Gasteiger partial charge on any atom is 0.318 e. The highest BCUT2D eigenvalue weighted by molar-refractivity contribution is 5.99. The number of nitrogens with two attached hydrogens (primary N) is 1. The van der Waals surface area contributed by atoms with E-state index in [2.05, 4.69) is 5.32 Å². The first-order valence-electron chi connectivity index (χ1n) is 4.52. The number of imide groups is 1. The SMILES string of the molecule is NC(=O)NC(=O)CNC(=O)c1ccccc1. The Morgan fingerprint density at radius 2 is 1.75 bits per heavy atom. The van der Waals surface area contributed by atoms with Crippen LogP contribution in [0.15, 0.2) is 30.3 Å². The third-order valence-corrected chi connectivity index (χ3v) is 1.71. The Bertz CT molecular complexity index is 403. The monoisotopic (exact) mass is 221 g/mol. The number of urea groups is 1. The molecule has 1 aromatic carbocycles. The number of primary amides is 1. The fourth-order valence-corrected chi connectivity index (χ4v) is 1.03. The van der Waals surface area contributed by atoms with Crippen molar-refractivity contribution in [2.45, 2.75) is 0 Å². The van der Waals surface area contributed by atoms with Gasteiger partial charge in [-0.2, -0.15) is 0 Å². The molecule has 0 radical (unpaired) electrons. The minimum absolute atomic E-state index is 0.295. The molecule has 6 nitrogen and oxygen atoms in total. The summed E-state index contributed by atoms with van der Waals surface area (Å²) in [5, 5.41) is 4.18. The first-order chi connectivity index (χ1) is 7.59. The van der Waals surface area contributed by atoms with Crippen molar-refractivity contribution in [2.75, 3.05) is 6.54 Å². The molecule has 1 aromatic rings. The van der Waals surface area contributed by atoms with Crippen LogP contribution in [0, 0.1) is 0 Å². The van der Waals surface area contributed by atoms with Crippen LogP contribution in [-0.4, -0.2) is 24.4 Å². The predicted molar refractivity (Wildman–Crippen MR) is 56.5 cm³/mol. The second kappa shape index (κ2) is 5.50. The number of rotatable bonds is 3. The fourth-order valence-electron chi connectivity index (χ4n) is 1.03. The molecule has 4 N–H and O–H groups in total. The highest BCUT2D eigenvalue weighted by atomic mass is 16.2. The van der Waals surface area contributed by atoms with Crippen LogP contribution in [0.2, 0.25) is 0 Å². The van der Waals surface area contributed by atoms with Crippen molar-refractivity contribution >= 4 is 17.8 Å². The van der Waals surface area contributed by atoms with Crippen molar-refractivity contribution in [1.29, 1.82) is 0 Å². The topological polar surface area (TPSA) is 101 Å². The summed E-state index contributed by atoms with van der Waals surface area (Å²) in [7, 11) is 0. The molecule has 0 aliphatic rings. The fraction of sp³-hybridized carbons (Fsp3) is 0.100. The molecular weight excluding hydrogens is 210 g/mol. The van der Waals surface area contributed by atoms with E-state index in [9.17, 15) is 14.4 Å². The van der Waals surface area contributed by atoms with Gasteiger partial charge in [-0.1, -0.05) is 18.2 Å². The van der Waals surface area contributed by atoms with E-state index in [1.54, 1.807) is 30.3 Å². The van der Waals surface area contributed by atoms with Crippen molar-refractivity contribution < 1.29 is 14.4 Å². The third kappa shape index (κ3) is 3.79. The maximum atomic E-state index is 11.4. The van der Waals surface area contributed by atoms with Crippen LogP contribution in [0.1, 0.15) is 10.4 Å². The van der Waals surface area contributed by atoms with Crippen LogP contribution in [0.5, 0.6) is 0 Å². The largest absolute Gasteiger partial charge is 0.351 e. The molecule has 0 saturated carbocycles. The molecule has 0 aliphatic carbocycles. The average Bonchev–Trinajstić information content (AvgIpc) is 2.26. The second-order valence-electron chi connectivity index (χ2n) is 2.96. The molecule has 0 saturated heterocycles. The number of hydrogen-bond acceptors (Lipinski definition) is 3. The van der Waals surface area contributed by atoms with E-state index in [4.69, 9.17) is 5.73 Å². The summed E-state index contributed by atoms with van der Waals surface area (Å²) in [6.45, 7) is -0.295. The van der Waals surface area contributed by atoms with E-state index in [0.717, 1.165) is 0 Å². The van der Waals surface area contributed by atoms with Crippen LogP contribution in [-0.2, 0) is 4.79 Å². The number of carbonyl (C=O) groups is 3. The lowest BCUT2D eigenvalue weighted by Crippen LogP contribution is -2.42. The van der Waals surface area contributed by atoms with Crippen LogP contribution in [0.3, 0.4) is 0 Å². The van der Waals surface area contributed by atoms with Gasteiger partial charge < -0.3 is 11.1 Å². The van der Waals surface area contributed by atoms with Gasteiger partial charge in [0.1, 0.15) is 0 Å². The van der Waals surface area contributed by atoms with Crippen LogP contribution in [0.25, 0.3) is 0 Å². The first kappa shape index (κ1) is 11.7. The average molecular weight is 221 g/mol. The molecule has 0 bridgehead atoms. The smallest absolute Gasteiger partial charge is 0.318 e. The first-order valence-corrected chi connectivity index (χ1v) is 4.52. The van der Waals surface area contributed by atoms with Gasteiger partial charge in [0, 0.05) is 5.56 Å². The minimum atomic E-state index is -0.945. The molecule has 0 spiro atoms. The number of nitrogens with one attached hydrogen (secondary N) is 2. The zero-order valence-corrected chi connectivity index (χ0v) is 8.40. The Hall–Kier alpha value is -2.37. The van der Waals surface area contributed by atoms with Gasteiger partial charge in [-0.15, -0.1) is 0 Å². The van der Waals surface area contributed by atoms with Gasteiger partial charge in [0.15, 0.2) is 0 Å². The van der Waals surface area contributed by atoms with E-state index in [-0.39, 0.29) is 12.5 Å². The van der Waals surface area contributed by atoms with E-state index in [1.165, 1.54) is 0 Å². The summed E-state index contributed by atoms with van der Waals surface area (Å²) >= 11 is 0. The number of benzene rings is 1. The zero-order valence-electron chi connectivity index (χ0n) is 8.40. The number of amides is 4. The Labute approximate surface area is 91.8 Å². The quantitative estimate of drug-likeness (QED) is 0.647. The standard InChI is InChI=1S/C10H11N3O3/c11-10(16)13-8(14)6-12-9(15)7-4-2-1-3-5-7/h1-5H,6H2,(H,12,15)(H3,11,13,14,16). The number of hydrogen-bond donors (Lipinski definition) is 3. The highest BCUT2D eigenvalue weighted by Crippen LogP contribution is 1.96. The molecule has 16 heavy (non-hydrogen) atoms. The molecule has 0 aliphatic heterocycles. The van der Waals surface area contributed by atoms with Crippen molar-refractivity contribution in [3.63, 3.8) is 0 Å². The molecule has 0 heterocycles. The molecule has 0 fully saturated rings. The Morgan fingerprint density at radius 1 is 1.12 bits per heavy atom. The van der Waals surface area contributed by atoms with Gasteiger partial charge in [0.25, 0.3) is 5.91 Å². The lowest BCUT2D eigenvalue weighted by Gasteiger charge is -2.04. The molecule has 0 unspecified atom stereocenters. The summed E-state index contributed by atoms with van der Waals surface area (Å²) in [5.41, 5.74) is 5.17. The number of carbonyl (C=O) groups excluding carboxylic acids is 3. The van der Waals surface area contributed by atoms with Gasteiger partial charge in [-0.3, -0.25) is 14.9 Å². The maximum absolute atomic E-state index is 11.4. The Morgan fingerprint density at radius 3 is 2.31 bits per heavy atom. The van der Waals surface area contributed by atoms with Crippen molar-refractivity contribution in [2.24, 2.45) is 5.73 Å². The van der Waals surface area contributed by atoms with Crippen LogP contribution >= 0.6 is 0 Å². The summed E-state index contributed by atoms with van der Waals surface area (Å²) < 4.78 is 0. The van der Waals surface area contributed by atoms with Crippen molar-refractivity contribution in [1.82, 2.24) is 10.6 Å². The summed E-state index contributed by atoms with van der Waals surface area (Å²) in [5.74, 6) is -1.04.